The van der Waals surface area contributed by atoms with Gasteiger partial charge in [-0.2, -0.15) is 0 Å². The van der Waals surface area contributed by atoms with Crippen LogP contribution in [0.3, 0.4) is 0 Å². The molecule has 0 saturated carbocycles. The van der Waals surface area contributed by atoms with Gasteiger partial charge in [0.05, 0.1) is 12.2 Å². The van der Waals surface area contributed by atoms with Crippen LogP contribution in [0.25, 0.3) is 0 Å². The highest BCUT2D eigenvalue weighted by molar-refractivity contribution is 5.99. The van der Waals surface area contributed by atoms with Crippen molar-refractivity contribution in [2.75, 3.05) is 23.4 Å². The number of aryl methyl sites for hydroxylation is 2. The number of rotatable bonds is 5. The molecule has 0 unspecified atom stereocenters. The Morgan fingerprint density at radius 2 is 1.96 bits per heavy atom. The van der Waals surface area contributed by atoms with Gasteiger partial charge in [-0.1, -0.05) is 31.2 Å². The summed E-state index contributed by atoms with van der Waals surface area (Å²) in [5.74, 6) is 0.521. The first-order chi connectivity index (χ1) is 12.6. The zero-order chi connectivity index (χ0) is 18.5. The van der Waals surface area contributed by atoms with E-state index in [0.717, 1.165) is 34.7 Å². The number of hydrogen-bond acceptors (Lipinski definition) is 3. The van der Waals surface area contributed by atoms with E-state index in [2.05, 4.69) is 5.32 Å². The Hall–Kier alpha value is -2.82. The predicted molar refractivity (Wildman–Crippen MR) is 103 cm³/mol. The first-order valence-electron chi connectivity index (χ1n) is 9.00. The van der Waals surface area contributed by atoms with Gasteiger partial charge in [-0.25, -0.2) is 0 Å². The van der Waals surface area contributed by atoms with Gasteiger partial charge in [-0.05, 0) is 42.7 Å². The quantitative estimate of drug-likeness (QED) is 0.892. The van der Waals surface area contributed by atoms with Gasteiger partial charge >= 0.3 is 0 Å². The summed E-state index contributed by atoms with van der Waals surface area (Å²) >= 11 is 0. The van der Waals surface area contributed by atoms with Gasteiger partial charge in [0, 0.05) is 18.5 Å². The van der Waals surface area contributed by atoms with E-state index in [1.54, 1.807) is 4.90 Å². The van der Waals surface area contributed by atoms with Crippen molar-refractivity contribution in [3.8, 4) is 5.75 Å². The molecule has 5 nitrogen and oxygen atoms in total. The van der Waals surface area contributed by atoms with Gasteiger partial charge in [0.25, 0.3) is 0 Å². The van der Waals surface area contributed by atoms with Gasteiger partial charge in [-0.3, -0.25) is 9.59 Å². The number of carbonyl (C=O) groups excluding carboxylic acids is 2. The standard InChI is InChI=1S/C21H24N2O3/c1-3-16-6-4-5-7-17(16)22-20(24)10-11-21(25)23-12-13-26-19-9-8-15(2)14-18(19)23/h4-9,14H,3,10-13H2,1-2H3,(H,22,24). The van der Waals surface area contributed by atoms with Gasteiger partial charge in [0.2, 0.25) is 11.8 Å². The molecule has 0 atom stereocenters. The highest BCUT2D eigenvalue weighted by Crippen LogP contribution is 2.32. The van der Waals surface area contributed by atoms with E-state index in [0.29, 0.717) is 13.2 Å². The fraction of sp³-hybridized carbons (Fsp3) is 0.333. The molecule has 0 spiro atoms. The van der Waals surface area contributed by atoms with E-state index in [4.69, 9.17) is 4.74 Å². The summed E-state index contributed by atoms with van der Waals surface area (Å²) in [5, 5.41) is 2.91. The Morgan fingerprint density at radius 1 is 1.15 bits per heavy atom. The number of ether oxygens (including phenoxy) is 1. The van der Waals surface area contributed by atoms with Crippen molar-refractivity contribution in [1.29, 1.82) is 0 Å². The molecule has 26 heavy (non-hydrogen) atoms. The molecule has 3 rings (SSSR count). The Labute approximate surface area is 154 Å². The molecule has 2 amide bonds. The number of amides is 2. The van der Waals surface area contributed by atoms with Crippen molar-refractivity contribution in [2.45, 2.75) is 33.1 Å². The maximum absolute atomic E-state index is 12.6. The highest BCUT2D eigenvalue weighted by atomic mass is 16.5. The molecule has 1 N–H and O–H groups in total. The summed E-state index contributed by atoms with van der Waals surface area (Å²) in [4.78, 5) is 26.6. The lowest BCUT2D eigenvalue weighted by Gasteiger charge is -2.30. The van der Waals surface area contributed by atoms with Gasteiger partial charge in [0.1, 0.15) is 12.4 Å². The van der Waals surface area contributed by atoms with Crippen molar-refractivity contribution in [1.82, 2.24) is 0 Å². The molecule has 2 aromatic carbocycles. The molecule has 5 heteroatoms. The van der Waals surface area contributed by atoms with Crippen molar-refractivity contribution >= 4 is 23.2 Å². The van der Waals surface area contributed by atoms with Crippen LogP contribution in [-0.4, -0.2) is 25.0 Å². The zero-order valence-electron chi connectivity index (χ0n) is 15.2. The molecule has 136 valence electrons. The molecular formula is C21H24N2O3. The van der Waals surface area contributed by atoms with Crippen LogP contribution in [0, 0.1) is 6.92 Å². The topological polar surface area (TPSA) is 58.6 Å². The summed E-state index contributed by atoms with van der Waals surface area (Å²) in [6.45, 7) is 5.01. The molecule has 2 aromatic rings. The van der Waals surface area contributed by atoms with E-state index in [-0.39, 0.29) is 24.7 Å². The minimum atomic E-state index is -0.142. The van der Waals surface area contributed by atoms with Gasteiger partial charge in [0.15, 0.2) is 0 Å². The fourth-order valence-corrected chi connectivity index (χ4v) is 3.11. The maximum Gasteiger partial charge on any atom is 0.227 e. The summed E-state index contributed by atoms with van der Waals surface area (Å²) in [6, 6.07) is 13.5. The Kier molecular flexibility index (Phi) is 5.56. The Morgan fingerprint density at radius 3 is 2.77 bits per heavy atom. The number of para-hydroxylation sites is 1. The lowest BCUT2D eigenvalue weighted by molar-refractivity contribution is -0.122. The SMILES string of the molecule is CCc1ccccc1NC(=O)CCC(=O)N1CCOc2ccc(C)cc21. The van der Waals surface area contributed by atoms with E-state index in [1.807, 2.05) is 56.3 Å². The summed E-state index contributed by atoms with van der Waals surface area (Å²) < 4.78 is 5.62. The third-order valence-electron chi connectivity index (χ3n) is 4.52. The fourth-order valence-electron chi connectivity index (χ4n) is 3.11. The lowest BCUT2D eigenvalue weighted by atomic mass is 10.1. The van der Waals surface area contributed by atoms with Crippen LogP contribution in [0.15, 0.2) is 42.5 Å². The highest BCUT2D eigenvalue weighted by Gasteiger charge is 2.24. The molecule has 0 saturated heterocycles. The van der Waals surface area contributed by atoms with Crippen molar-refractivity contribution in [3.63, 3.8) is 0 Å². The molecular weight excluding hydrogens is 328 g/mol. The number of nitrogens with one attached hydrogen (secondary N) is 1. The minimum Gasteiger partial charge on any atom is -0.490 e. The first-order valence-corrected chi connectivity index (χ1v) is 9.00. The second-order valence-corrected chi connectivity index (χ2v) is 6.42. The molecule has 0 bridgehead atoms. The number of nitrogens with zero attached hydrogens (tertiary/aromatic N) is 1. The van der Waals surface area contributed by atoms with Crippen LogP contribution >= 0.6 is 0 Å². The third-order valence-corrected chi connectivity index (χ3v) is 4.52. The van der Waals surface area contributed by atoms with E-state index < -0.39 is 0 Å². The number of carbonyl (C=O) groups is 2. The number of fused-ring (bicyclic) bond motifs is 1. The molecule has 0 aliphatic carbocycles. The molecule has 1 aliphatic heterocycles. The normalized spacial score (nSPS) is 12.9. The summed E-state index contributed by atoms with van der Waals surface area (Å²) in [7, 11) is 0. The first kappa shape index (κ1) is 18.0. The molecule has 0 fully saturated rings. The maximum atomic E-state index is 12.6. The van der Waals surface area contributed by atoms with Crippen LogP contribution in [0.5, 0.6) is 5.75 Å². The van der Waals surface area contributed by atoms with Crippen LogP contribution in [0.4, 0.5) is 11.4 Å². The van der Waals surface area contributed by atoms with Crippen molar-refractivity contribution in [3.05, 3.63) is 53.6 Å². The van der Waals surface area contributed by atoms with E-state index in [1.165, 1.54) is 0 Å². The lowest BCUT2D eigenvalue weighted by Crippen LogP contribution is -2.38. The predicted octanol–water partition coefficient (Wildman–Crippen LogP) is 3.70. The van der Waals surface area contributed by atoms with Crippen LogP contribution in [0.1, 0.15) is 30.9 Å². The van der Waals surface area contributed by atoms with Crippen molar-refractivity contribution in [2.24, 2.45) is 0 Å². The second-order valence-electron chi connectivity index (χ2n) is 6.42. The molecule has 1 aliphatic rings. The third kappa shape index (κ3) is 4.04. The number of anilines is 2. The van der Waals surface area contributed by atoms with Crippen LogP contribution < -0.4 is 15.0 Å². The van der Waals surface area contributed by atoms with Crippen LogP contribution in [-0.2, 0) is 16.0 Å². The van der Waals surface area contributed by atoms with Gasteiger partial charge < -0.3 is 15.0 Å². The van der Waals surface area contributed by atoms with E-state index >= 15 is 0 Å². The van der Waals surface area contributed by atoms with E-state index in [9.17, 15) is 9.59 Å². The average Bonchev–Trinajstić information content (AvgIpc) is 2.66. The number of benzene rings is 2. The zero-order valence-corrected chi connectivity index (χ0v) is 15.2. The van der Waals surface area contributed by atoms with Crippen molar-refractivity contribution < 1.29 is 14.3 Å². The largest absolute Gasteiger partial charge is 0.490 e. The summed E-state index contributed by atoms with van der Waals surface area (Å²) in [6.07, 6.45) is 1.18. The van der Waals surface area contributed by atoms with Gasteiger partial charge in [-0.15, -0.1) is 0 Å². The summed E-state index contributed by atoms with van der Waals surface area (Å²) in [5.41, 5.74) is 3.77. The Bertz CT molecular complexity index is 817. The molecule has 0 radical (unpaired) electrons. The smallest absolute Gasteiger partial charge is 0.227 e. The number of hydrogen-bond donors (Lipinski definition) is 1. The van der Waals surface area contributed by atoms with Crippen LogP contribution in [0.2, 0.25) is 0 Å². The molecule has 1 heterocycles. The average molecular weight is 352 g/mol. The Balaban J connectivity index is 1.61. The minimum absolute atomic E-state index is 0.0564. The molecule has 0 aromatic heterocycles. The second kappa shape index (κ2) is 8.04. The monoisotopic (exact) mass is 352 g/mol.